The van der Waals surface area contributed by atoms with Gasteiger partial charge >= 0.3 is 0 Å². The van der Waals surface area contributed by atoms with Crippen LogP contribution in [0.3, 0.4) is 0 Å². The standard InChI is InChI=1S/C11H16BrFN2/c1-8(6-14-2)15-7-9-3-4-10(12)11(13)5-9/h3-5,8,14-15H,6-7H2,1-2H3. The summed E-state index contributed by atoms with van der Waals surface area (Å²) in [6, 6.07) is 5.56. The van der Waals surface area contributed by atoms with E-state index in [4.69, 9.17) is 0 Å². The molecule has 15 heavy (non-hydrogen) atoms. The summed E-state index contributed by atoms with van der Waals surface area (Å²) in [7, 11) is 1.91. The molecule has 0 aliphatic rings. The second kappa shape index (κ2) is 6.20. The largest absolute Gasteiger partial charge is 0.318 e. The van der Waals surface area contributed by atoms with E-state index in [1.165, 1.54) is 0 Å². The molecule has 0 radical (unpaired) electrons. The summed E-state index contributed by atoms with van der Waals surface area (Å²) in [4.78, 5) is 0. The van der Waals surface area contributed by atoms with Gasteiger partial charge in [-0.05, 0) is 47.6 Å². The average molecular weight is 275 g/mol. The highest BCUT2D eigenvalue weighted by Gasteiger charge is 2.02. The number of rotatable bonds is 5. The van der Waals surface area contributed by atoms with Gasteiger partial charge in [-0.3, -0.25) is 0 Å². The zero-order valence-electron chi connectivity index (χ0n) is 8.98. The molecule has 0 saturated carbocycles. The van der Waals surface area contributed by atoms with Crippen molar-refractivity contribution >= 4 is 15.9 Å². The van der Waals surface area contributed by atoms with Gasteiger partial charge in [0.2, 0.25) is 0 Å². The summed E-state index contributed by atoms with van der Waals surface area (Å²) in [5.41, 5.74) is 0.957. The second-order valence-electron chi connectivity index (χ2n) is 3.59. The summed E-state index contributed by atoms with van der Waals surface area (Å²) in [6.45, 7) is 3.68. The minimum atomic E-state index is -0.212. The lowest BCUT2D eigenvalue weighted by Crippen LogP contribution is -2.34. The van der Waals surface area contributed by atoms with Gasteiger partial charge in [0.25, 0.3) is 0 Å². The Bertz CT molecular complexity index is 317. The van der Waals surface area contributed by atoms with Crippen LogP contribution in [0.5, 0.6) is 0 Å². The van der Waals surface area contributed by atoms with Crippen molar-refractivity contribution in [1.82, 2.24) is 10.6 Å². The van der Waals surface area contributed by atoms with Crippen LogP contribution in [0.4, 0.5) is 4.39 Å². The molecule has 1 atom stereocenters. The van der Waals surface area contributed by atoms with E-state index in [2.05, 4.69) is 33.5 Å². The van der Waals surface area contributed by atoms with Crippen LogP contribution in [0.15, 0.2) is 22.7 Å². The molecule has 0 bridgehead atoms. The lowest BCUT2D eigenvalue weighted by atomic mass is 10.2. The van der Waals surface area contributed by atoms with Crippen molar-refractivity contribution in [2.45, 2.75) is 19.5 Å². The number of benzene rings is 1. The Balaban J connectivity index is 2.47. The lowest BCUT2D eigenvalue weighted by molar-refractivity contribution is 0.521. The van der Waals surface area contributed by atoms with Gasteiger partial charge in [-0.1, -0.05) is 6.07 Å². The normalized spacial score (nSPS) is 12.8. The maximum Gasteiger partial charge on any atom is 0.137 e. The van der Waals surface area contributed by atoms with Crippen LogP contribution in [0, 0.1) is 5.82 Å². The molecular weight excluding hydrogens is 259 g/mol. The molecule has 2 N–H and O–H groups in total. The van der Waals surface area contributed by atoms with Gasteiger partial charge in [-0.15, -0.1) is 0 Å². The maximum absolute atomic E-state index is 13.2. The van der Waals surface area contributed by atoms with Gasteiger partial charge in [0.05, 0.1) is 4.47 Å². The molecule has 0 spiro atoms. The molecule has 84 valence electrons. The van der Waals surface area contributed by atoms with Gasteiger partial charge < -0.3 is 10.6 Å². The fourth-order valence-electron chi connectivity index (χ4n) is 1.32. The molecule has 0 saturated heterocycles. The third kappa shape index (κ3) is 4.28. The molecule has 1 rings (SSSR count). The first-order valence-electron chi connectivity index (χ1n) is 4.95. The van der Waals surface area contributed by atoms with Crippen molar-refractivity contribution in [1.29, 1.82) is 0 Å². The quantitative estimate of drug-likeness (QED) is 0.861. The highest BCUT2D eigenvalue weighted by Crippen LogP contribution is 2.16. The molecule has 0 aromatic heterocycles. The van der Waals surface area contributed by atoms with Crippen LogP contribution in [-0.4, -0.2) is 19.6 Å². The predicted octanol–water partition coefficient (Wildman–Crippen LogP) is 2.29. The monoisotopic (exact) mass is 274 g/mol. The van der Waals surface area contributed by atoms with Gasteiger partial charge in [0, 0.05) is 19.1 Å². The maximum atomic E-state index is 13.2. The van der Waals surface area contributed by atoms with E-state index in [0.717, 1.165) is 12.1 Å². The Morgan fingerprint density at radius 3 is 2.80 bits per heavy atom. The summed E-state index contributed by atoms with van der Waals surface area (Å²) in [5.74, 6) is -0.212. The predicted molar refractivity (Wildman–Crippen MR) is 64.3 cm³/mol. The summed E-state index contributed by atoms with van der Waals surface area (Å²) >= 11 is 3.13. The molecule has 2 nitrogen and oxygen atoms in total. The van der Waals surface area contributed by atoms with E-state index in [0.29, 0.717) is 17.1 Å². The lowest BCUT2D eigenvalue weighted by Gasteiger charge is -2.13. The second-order valence-corrected chi connectivity index (χ2v) is 4.44. The van der Waals surface area contributed by atoms with E-state index in [1.807, 2.05) is 13.1 Å². The molecule has 1 unspecified atom stereocenters. The van der Waals surface area contributed by atoms with Gasteiger partial charge in [0.15, 0.2) is 0 Å². The summed E-state index contributed by atoms with van der Waals surface area (Å²) in [5, 5.41) is 6.38. The Morgan fingerprint density at radius 1 is 1.47 bits per heavy atom. The molecule has 0 fully saturated rings. The van der Waals surface area contributed by atoms with E-state index in [1.54, 1.807) is 12.1 Å². The van der Waals surface area contributed by atoms with Crippen LogP contribution in [0.1, 0.15) is 12.5 Å². The Hall–Kier alpha value is -0.450. The van der Waals surface area contributed by atoms with Crippen LogP contribution in [0.25, 0.3) is 0 Å². The topological polar surface area (TPSA) is 24.1 Å². The first kappa shape index (κ1) is 12.6. The highest BCUT2D eigenvalue weighted by atomic mass is 79.9. The van der Waals surface area contributed by atoms with E-state index >= 15 is 0 Å². The fraction of sp³-hybridized carbons (Fsp3) is 0.455. The van der Waals surface area contributed by atoms with Crippen LogP contribution < -0.4 is 10.6 Å². The number of halogens is 2. The first-order chi connectivity index (χ1) is 7.13. The Morgan fingerprint density at radius 2 is 2.20 bits per heavy atom. The van der Waals surface area contributed by atoms with E-state index < -0.39 is 0 Å². The molecule has 0 aliphatic carbocycles. The summed E-state index contributed by atoms with van der Waals surface area (Å²) in [6.07, 6.45) is 0. The zero-order valence-corrected chi connectivity index (χ0v) is 10.6. The van der Waals surface area contributed by atoms with E-state index in [-0.39, 0.29) is 5.82 Å². The van der Waals surface area contributed by atoms with E-state index in [9.17, 15) is 4.39 Å². The minimum Gasteiger partial charge on any atom is -0.318 e. The van der Waals surface area contributed by atoms with Gasteiger partial charge in [-0.2, -0.15) is 0 Å². The van der Waals surface area contributed by atoms with Gasteiger partial charge in [-0.25, -0.2) is 4.39 Å². The van der Waals surface area contributed by atoms with Crippen LogP contribution >= 0.6 is 15.9 Å². The zero-order chi connectivity index (χ0) is 11.3. The molecule has 0 aliphatic heterocycles. The minimum absolute atomic E-state index is 0.212. The van der Waals surface area contributed by atoms with Crippen LogP contribution in [0.2, 0.25) is 0 Å². The third-order valence-electron chi connectivity index (χ3n) is 2.15. The summed E-state index contributed by atoms with van der Waals surface area (Å²) < 4.78 is 13.7. The highest BCUT2D eigenvalue weighted by molar-refractivity contribution is 9.10. The third-order valence-corrected chi connectivity index (χ3v) is 2.79. The van der Waals surface area contributed by atoms with Crippen molar-refractivity contribution in [3.8, 4) is 0 Å². The Labute approximate surface area is 98.4 Å². The van der Waals surface area contributed by atoms with Crippen molar-refractivity contribution in [2.24, 2.45) is 0 Å². The molecule has 1 aromatic carbocycles. The average Bonchev–Trinajstić information content (AvgIpc) is 2.20. The molecule has 0 heterocycles. The number of hydrogen-bond acceptors (Lipinski definition) is 2. The fourth-order valence-corrected chi connectivity index (χ4v) is 1.57. The Kier molecular flexibility index (Phi) is 5.22. The van der Waals surface area contributed by atoms with Crippen molar-refractivity contribution in [2.75, 3.05) is 13.6 Å². The number of likely N-dealkylation sites (N-methyl/N-ethyl adjacent to an activating group) is 1. The van der Waals surface area contributed by atoms with Crippen molar-refractivity contribution < 1.29 is 4.39 Å². The SMILES string of the molecule is CNCC(C)NCc1ccc(Br)c(F)c1. The van der Waals surface area contributed by atoms with Crippen LogP contribution in [-0.2, 0) is 6.54 Å². The number of hydrogen-bond donors (Lipinski definition) is 2. The number of nitrogens with one attached hydrogen (secondary N) is 2. The molecule has 1 aromatic rings. The molecule has 4 heteroatoms. The molecule has 0 amide bonds. The molecular formula is C11H16BrFN2. The van der Waals surface area contributed by atoms with Gasteiger partial charge in [0.1, 0.15) is 5.82 Å². The van der Waals surface area contributed by atoms with Crippen molar-refractivity contribution in [3.63, 3.8) is 0 Å². The van der Waals surface area contributed by atoms with Crippen molar-refractivity contribution in [3.05, 3.63) is 34.1 Å². The first-order valence-corrected chi connectivity index (χ1v) is 5.74. The smallest absolute Gasteiger partial charge is 0.137 e.